The number of likely N-dealkylation sites (tertiary alicyclic amines) is 1. The topological polar surface area (TPSA) is 44.4 Å². The van der Waals surface area contributed by atoms with Crippen LogP contribution in [0, 0.1) is 5.92 Å². The number of amides is 1. The first-order chi connectivity index (χ1) is 9.79. The molecule has 116 valence electrons. The molecule has 4 nitrogen and oxygen atoms in total. The predicted octanol–water partition coefficient (Wildman–Crippen LogP) is 1.32. The van der Waals surface area contributed by atoms with Crippen LogP contribution in [-0.2, 0) is 4.79 Å². The van der Waals surface area contributed by atoms with Crippen molar-refractivity contribution in [3.63, 3.8) is 0 Å². The summed E-state index contributed by atoms with van der Waals surface area (Å²) in [7, 11) is 0. The van der Waals surface area contributed by atoms with E-state index < -0.39 is 0 Å². The van der Waals surface area contributed by atoms with Crippen LogP contribution < -0.4 is 10.6 Å². The van der Waals surface area contributed by atoms with Crippen LogP contribution in [0.3, 0.4) is 0 Å². The third-order valence-electron chi connectivity index (χ3n) is 4.30. The molecule has 2 fully saturated rings. The Hall–Kier alpha value is -0.260. The summed E-state index contributed by atoms with van der Waals surface area (Å²) in [6, 6.07) is 0.0654. The lowest BCUT2D eigenvalue weighted by molar-refractivity contribution is -0.123. The minimum atomic E-state index is 0.0654. The molecule has 0 aromatic heterocycles. The zero-order chi connectivity index (χ0) is 14.2. The number of nitrogens with one attached hydrogen (secondary N) is 2. The smallest absolute Gasteiger partial charge is 0.237 e. The van der Waals surface area contributed by atoms with Crippen molar-refractivity contribution in [3.05, 3.63) is 0 Å². The summed E-state index contributed by atoms with van der Waals surface area (Å²) < 4.78 is 0. The van der Waals surface area contributed by atoms with Crippen LogP contribution in [0.4, 0.5) is 0 Å². The van der Waals surface area contributed by atoms with Gasteiger partial charge in [0.15, 0.2) is 0 Å². The normalized spacial score (nSPS) is 27.6. The van der Waals surface area contributed by atoms with E-state index in [2.05, 4.69) is 22.5 Å². The third kappa shape index (κ3) is 5.26. The Labute approximate surface area is 127 Å². The van der Waals surface area contributed by atoms with E-state index in [-0.39, 0.29) is 11.9 Å². The van der Waals surface area contributed by atoms with Crippen molar-refractivity contribution in [2.75, 3.05) is 44.2 Å². The first-order valence-electron chi connectivity index (χ1n) is 8.10. The minimum Gasteiger partial charge on any atom is -0.354 e. The highest BCUT2D eigenvalue weighted by molar-refractivity contribution is 7.99. The molecule has 2 saturated heterocycles. The van der Waals surface area contributed by atoms with E-state index in [9.17, 15) is 4.79 Å². The third-order valence-corrected chi connectivity index (χ3v) is 5.18. The largest absolute Gasteiger partial charge is 0.354 e. The summed E-state index contributed by atoms with van der Waals surface area (Å²) in [4.78, 5) is 14.6. The van der Waals surface area contributed by atoms with Gasteiger partial charge < -0.3 is 15.5 Å². The maximum atomic E-state index is 12.0. The Bertz CT molecular complexity index is 295. The van der Waals surface area contributed by atoms with Crippen molar-refractivity contribution in [1.82, 2.24) is 15.5 Å². The number of hydrogen-bond donors (Lipinski definition) is 2. The van der Waals surface area contributed by atoms with Gasteiger partial charge in [-0.25, -0.2) is 0 Å². The molecule has 0 spiro atoms. The number of thioether (sulfide) groups is 1. The van der Waals surface area contributed by atoms with Crippen LogP contribution in [0.15, 0.2) is 0 Å². The molecule has 2 unspecified atom stereocenters. The first-order valence-corrected chi connectivity index (χ1v) is 9.26. The molecule has 2 aliphatic rings. The fraction of sp³-hybridized carbons (Fsp3) is 0.933. The molecular weight excluding hydrogens is 270 g/mol. The van der Waals surface area contributed by atoms with Crippen LogP contribution in [0.1, 0.15) is 32.6 Å². The summed E-state index contributed by atoms with van der Waals surface area (Å²) in [5.41, 5.74) is 0. The average molecular weight is 299 g/mol. The lowest BCUT2D eigenvalue weighted by atomic mass is 9.98. The van der Waals surface area contributed by atoms with Gasteiger partial charge in [0.1, 0.15) is 0 Å². The fourth-order valence-electron chi connectivity index (χ4n) is 3.14. The van der Waals surface area contributed by atoms with E-state index in [1.807, 2.05) is 11.8 Å². The van der Waals surface area contributed by atoms with E-state index in [0.29, 0.717) is 5.92 Å². The molecule has 2 heterocycles. The van der Waals surface area contributed by atoms with Gasteiger partial charge in [-0.3, -0.25) is 4.79 Å². The summed E-state index contributed by atoms with van der Waals surface area (Å²) in [6.45, 7) is 7.66. The van der Waals surface area contributed by atoms with Crippen molar-refractivity contribution >= 4 is 17.7 Å². The van der Waals surface area contributed by atoms with Crippen LogP contribution in [0.2, 0.25) is 0 Å². The van der Waals surface area contributed by atoms with E-state index in [1.54, 1.807) is 0 Å². The molecule has 0 saturated carbocycles. The van der Waals surface area contributed by atoms with Gasteiger partial charge in [-0.2, -0.15) is 11.8 Å². The number of piperidine rings is 1. The molecule has 2 atom stereocenters. The van der Waals surface area contributed by atoms with Crippen LogP contribution in [-0.4, -0.2) is 61.1 Å². The lowest BCUT2D eigenvalue weighted by Crippen LogP contribution is -2.45. The van der Waals surface area contributed by atoms with Crippen molar-refractivity contribution in [2.24, 2.45) is 5.92 Å². The second-order valence-electron chi connectivity index (χ2n) is 5.90. The predicted molar refractivity (Wildman–Crippen MR) is 86.2 cm³/mol. The number of carbonyl (C=O) groups excluding carboxylic acids is 1. The summed E-state index contributed by atoms with van der Waals surface area (Å²) >= 11 is 2.02. The maximum absolute atomic E-state index is 12.0. The lowest BCUT2D eigenvalue weighted by Gasteiger charge is -2.32. The quantitative estimate of drug-likeness (QED) is 0.696. The van der Waals surface area contributed by atoms with Gasteiger partial charge in [0.2, 0.25) is 5.91 Å². The minimum absolute atomic E-state index is 0.0654. The highest BCUT2D eigenvalue weighted by Gasteiger charge is 2.24. The van der Waals surface area contributed by atoms with Gasteiger partial charge in [-0.1, -0.05) is 6.92 Å². The molecule has 2 aliphatic heterocycles. The second kappa shape index (κ2) is 8.90. The highest BCUT2D eigenvalue weighted by atomic mass is 32.2. The standard InChI is InChI=1S/C15H29N3OS/c1-2-20-10-9-18-8-4-5-13(12-18)11-17-15(19)14-6-3-7-16-14/h13-14,16H,2-12H2,1H3,(H,17,19). The van der Waals surface area contributed by atoms with Crippen LogP contribution in [0.5, 0.6) is 0 Å². The molecule has 2 N–H and O–H groups in total. The van der Waals surface area contributed by atoms with E-state index in [4.69, 9.17) is 0 Å². The monoisotopic (exact) mass is 299 g/mol. The van der Waals surface area contributed by atoms with Gasteiger partial charge in [0.05, 0.1) is 6.04 Å². The van der Waals surface area contributed by atoms with Gasteiger partial charge in [0.25, 0.3) is 0 Å². The van der Waals surface area contributed by atoms with Crippen molar-refractivity contribution < 1.29 is 4.79 Å². The van der Waals surface area contributed by atoms with Crippen LogP contribution in [0.25, 0.3) is 0 Å². The summed E-state index contributed by atoms with van der Waals surface area (Å²) in [5.74, 6) is 3.30. The van der Waals surface area contributed by atoms with Crippen molar-refractivity contribution in [3.8, 4) is 0 Å². The van der Waals surface area contributed by atoms with Gasteiger partial charge in [-0.05, 0) is 50.4 Å². The van der Waals surface area contributed by atoms with Crippen molar-refractivity contribution in [1.29, 1.82) is 0 Å². The maximum Gasteiger partial charge on any atom is 0.237 e. The second-order valence-corrected chi connectivity index (χ2v) is 7.29. The number of carbonyl (C=O) groups is 1. The average Bonchev–Trinajstić information content (AvgIpc) is 3.00. The molecule has 0 aliphatic carbocycles. The molecule has 5 heteroatoms. The molecule has 2 rings (SSSR count). The van der Waals surface area contributed by atoms with Gasteiger partial charge in [-0.15, -0.1) is 0 Å². The van der Waals surface area contributed by atoms with E-state index >= 15 is 0 Å². The Balaban J connectivity index is 1.63. The number of rotatable bonds is 7. The Morgan fingerprint density at radius 3 is 3.05 bits per heavy atom. The van der Waals surface area contributed by atoms with E-state index in [1.165, 1.54) is 37.4 Å². The molecule has 0 bridgehead atoms. The van der Waals surface area contributed by atoms with E-state index in [0.717, 1.165) is 32.5 Å². The zero-order valence-corrected chi connectivity index (χ0v) is 13.5. The van der Waals surface area contributed by atoms with Crippen molar-refractivity contribution in [2.45, 2.75) is 38.6 Å². The molecular formula is C15H29N3OS. The van der Waals surface area contributed by atoms with Gasteiger partial charge in [0, 0.05) is 25.4 Å². The first kappa shape index (κ1) is 16.1. The highest BCUT2D eigenvalue weighted by Crippen LogP contribution is 2.16. The molecule has 0 aromatic rings. The Kier molecular flexibility index (Phi) is 7.17. The number of nitrogens with zero attached hydrogens (tertiary/aromatic N) is 1. The SMILES string of the molecule is CCSCCN1CCCC(CNC(=O)C2CCCN2)C1. The summed E-state index contributed by atoms with van der Waals surface area (Å²) in [5, 5.41) is 6.41. The zero-order valence-electron chi connectivity index (χ0n) is 12.7. The molecule has 0 aromatic carbocycles. The molecule has 1 amide bonds. The Morgan fingerprint density at radius 2 is 2.30 bits per heavy atom. The van der Waals surface area contributed by atoms with Gasteiger partial charge >= 0.3 is 0 Å². The molecule has 0 radical (unpaired) electrons. The summed E-state index contributed by atoms with van der Waals surface area (Å²) in [6.07, 6.45) is 4.66. The van der Waals surface area contributed by atoms with Crippen LogP contribution >= 0.6 is 11.8 Å². The Morgan fingerprint density at radius 1 is 1.40 bits per heavy atom. The fourth-order valence-corrected chi connectivity index (χ4v) is 3.81. The molecule has 20 heavy (non-hydrogen) atoms. The number of hydrogen-bond acceptors (Lipinski definition) is 4.